The molecular formula is C12H17ClN2S. The molecule has 0 aliphatic heterocycles. The first-order valence-electron chi connectivity index (χ1n) is 5.14. The van der Waals surface area contributed by atoms with Crippen LogP contribution in [-0.2, 0) is 0 Å². The summed E-state index contributed by atoms with van der Waals surface area (Å²) in [5, 5.41) is 7.68. The van der Waals surface area contributed by atoms with Crippen molar-refractivity contribution in [3.8, 4) is 0 Å². The maximum atomic E-state index is 6.03. The zero-order valence-electron chi connectivity index (χ0n) is 10.0. The van der Waals surface area contributed by atoms with Gasteiger partial charge in [0.2, 0.25) is 0 Å². The third kappa shape index (κ3) is 3.99. The summed E-state index contributed by atoms with van der Waals surface area (Å²) in [7, 11) is 0. The average molecular weight is 257 g/mol. The molecule has 0 saturated carbocycles. The van der Waals surface area contributed by atoms with E-state index in [0.717, 1.165) is 16.3 Å². The number of halogens is 1. The lowest BCUT2D eigenvalue weighted by Crippen LogP contribution is -2.43. The molecule has 0 heterocycles. The summed E-state index contributed by atoms with van der Waals surface area (Å²) in [6.07, 6.45) is 0. The molecule has 0 radical (unpaired) electrons. The summed E-state index contributed by atoms with van der Waals surface area (Å²) >= 11 is 11.2. The third-order valence-corrected chi connectivity index (χ3v) is 2.62. The smallest absolute Gasteiger partial charge is 0.171 e. The predicted molar refractivity (Wildman–Crippen MR) is 75.3 cm³/mol. The number of nitrogens with one attached hydrogen (secondary N) is 2. The quantitative estimate of drug-likeness (QED) is 0.749. The maximum Gasteiger partial charge on any atom is 0.171 e. The first-order valence-corrected chi connectivity index (χ1v) is 5.92. The molecule has 0 aliphatic carbocycles. The Labute approximate surface area is 107 Å². The number of thiocarbonyl (C=S) groups is 1. The summed E-state index contributed by atoms with van der Waals surface area (Å²) in [6.45, 7) is 8.15. The van der Waals surface area contributed by atoms with Gasteiger partial charge < -0.3 is 10.6 Å². The number of hydrogen-bond donors (Lipinski definition) is 2. The van der Waals surface area contributed by atoms with Crippen LogP contribution in [0.5, 0.6) is 0 Å². The summed E-state index contributed by atoms with van der Waals surface area (Å²) in [5.74, 6) is 0. The number of hydrogen-bond acceptors (Lipinski definition) is 1. The molecular weight excluding hydrogens is 240 g/mol. The van der Waals surface area contributed by atoms with Crippen molar-refractivity contribution in [1.82, 2.24) is 5.32 Å². The Kier molecular flexibility index (Phi) is 4.16. The van der Waals surface area contributed by atoms with Gasteiger partial charge in [-0.1, -0.05) is 17.7 Å². The van der Waals surface area contributed by atoms with Gasteiger partial charge in [0.1, 0.15) is 0 Å². The highest BCUT2D eigenvalue weighted by Gasteiger charge is 2.11. The van der Waals surface area contributed by atoms with Crippen LogP contribution in [0.4, 0.5) is 5.69 Å². The van der Waals surface area contributed by atoms with Gasteiger partial charge in [0.05, 0.1) is 0 Å². The van der Waals surface area contributed by atoms with Crippen molar-refractivity contribution < 1.29 is 0 Å². The van der Waals surface area contributed by atoms with E-state index in [-0.39, 0.29) is 5.54 Å². The van der Waals surface area contributed by atoms with Gasteiger partial charge in [-0.3, -0.25) is 0 Å². The first kappa shape index (κ1) is 13.3. The molecule has 0 aromatic heterocycles. The molecule has 16 heavy (non-hydrogen) atoms. The van der Waals surface area contributed by atoms with Crippen LogP contribution >= 0.6 is 23.8 Å². The lowest BCUT2D eigenvalue weighted by Gasteiger charge is -2.23. The van der Waals surface area contributed by atoms with Gasteiger partial charge in [-0.05, 0) is 57.6 Å². The zero-order chi connectivity index (χ0) is 12.3. The predicted octanol–water partition coefficient (Wildman–Crippen LogP) is 3.73. The van der Waals surface area contributed by atoms with Crippen molar-refractivity contribution >= 4 is 34.6 Å². The van der Waals surface area contributed by atoms with Gasteiger partial charge >= 0.3 is 0 Å². The van der Waals surface area contributed by atoms with E-state index in [1.54, 1.807) is 0 Å². The van der Waals surface area contributed by atoms with Gasteiger partial charge in [-0.15, -0.1) is 0 Å². The van der Waals surface area contributed by atoms with Crippen LogP contribution in [0.15, 0.2) is 18.2 Å². The molecule has 88 valence electrons. The molecule has 1 rings (SSSR count). The fourth-order valence-electron chi connectivity index (χ4n) is 1.24. The highest BCUT2D eigenvalue weighted by atomic mass is 35.5. The van der Waals surface area contributed by atoms with E-state index in [0.29, 0.717) is 5.11 Å². The van der Waals surface area contributed by atoms with Crippen LogP contribution in [0.2, 0.25) is 5.02 Å². The highest BCUT2D eigenvalue weighted by molar-refractivity contribution is 7.80. The lowest BCUT2D eigenvalue weighted by molar-refractivity contribution is 0.515. The third-order valence-electron chi connectivity index (χ3n) is 2.00. The molecule has 0 saturated heterocycles. The van der Waals surface area contributed by atoms with E-state index >= 15 is 0 Å². The molecule has 0 unspecified atom stereocenters. The van der Waals surface area contributed by atoms with Gasteiger partial charge in [0.25, 0.3) is 0 Å². The molecule has 1 aromatic rings. The minimum absolute atomic E-state index is 0.0451. The lowest BCUT2D eigenvalue weighted by atomic mass is 10.1. The fourth-order valence-corrected chi connectivity index (χ4v) is 1.83. The number of rotatable bonds is 1. The average Bonchev–Trinajstić information content (AvgIpc) is 2.09. The van der Waals surface area contributed by atoms with Crippen LogP contribution in [0.1, 0.15) is 26.3 Å². The number of benzene rings is 1. The van der Waals surface area contributed by atoms with E-state index in [2.05, 4.69) is 31.4 Å². The molecule has 0 aliphatic rings. The fraction of sp³-hybridized carbons (Fsp3) is 0.417. The second kappa shape index (κ2) is 5.02. The van der Waals surface area contributed by atoms with Crippen LogP contribution < -0.4 is 10.6 Å². The highest BCUT2D eigenvalue weighted by Crippen LogP contribution is 2.22. The second-order valence-electron chi connectivity index (χ2n) is 4.74. The second-order valence-corrected chi connectivity index (χ2v) is 5.56. The Balaban J connectivity index is 2.74. The van der Waals surface area contributed by atoms with Gasteiger partial charge in [0.15, 0.2) is 5.11 Å². The van der Waals surface area contributed by atoms with Crippen molar-refractivity contribution in [2.24, 2.45) is 0 Å². The van der Waals surface area contributed by atoms with Crippen molar-refractivity contribution in [3.63, 3.8) is 0 Å². The van der Waals surface area contributed by atoms with Crippen LogP contribution in [0.3, 0.4) is 0 Å². The molecule has 0 fully saturated rings. The van der Waals surface area contributed by atoms with Crippen molar-refractivity contribution in [1.29, 1.82) is 0 Å². The standard InChI is InChI=1S/C12H17ClN2S/c1-8-9(13)6-5-7-10(8)14-11(16)15-12(2,3)4/h5-7H,1-4H3,(H2,14,15,16). The van der Waals surface area contributed by atoms with Crippen LogP contribution in [0, 0.1) is 6.92 Å². The van der Waals surface area contributed by atoms with Crippen LogP contribution in [-0.4, -0.2) is 10.7 Å². The molecule has 2 nitrogen and oxygen atoms in total. The summed E-state index contributed by atoms with van der Waals surface area (Å²) < 4.78 is 0. The Morgan fingerprint density at radius 3 is 2.50 bits per heavy atom. The van der Waals surface area contributed by atoms with E-state index in [4.69, 9.17) is 23.8 Å². The molecule has 0 atom stereocenters. The maximum absolute atomic E-state index is 6.03. The first-order chi connectivity index (χ1) is 7.29. The Bertz CT molecular complexity index is 396. The molecule has 0 bridgehead atoms. The Hall–Kier alpha value is -0.800. The summed E-state index contributed by atoms with van der Waals surface area (Å²) in [6, 6.07) is 5.72. The summed E-state index contributed by atoms with van der Waals surface area (Å²) in [4.78, 5) is 0. The Morgan fingerprint density at radius 1 is 1.31 bits per heavy atom. The van der Waals surface area contributed by atoms with E-state index in [9.17, 15) is 0 Å². The monoisotopic (exact) mass is 256 g/mol. The van der Waals surface area contributed by atoms with Gasteiger partial charge in [-0.25, -0.2) is 0 Å². The van der Waals surface area contributed by atoms with Crippen molar-refractivity contribution in [3.05, 3.63) is 28.8 Å². The van der Waals surface area contributed by atoms with Crippen molar-refractivity contribution in [2.75, 3.05) is 5.32 Å². The summed E-state index contributed by atoms with van der Waals surface area (Å²) in [5.41, 5.74) is 1.90. The van der Waals surface area contributed by atoms with E-state index < -0.39 is 0 Å². The molecule has 4 heteroatoms. The molecule has 1 aromatic carbocycles. The minimum atomic E-state index is -0.0451. The molecule has 2 N–H and O–H groups in total. The molecule has 0 amide bonds. The largest absolute Gasteiger partial charge is 0.358 e. The molecule has 0 spiro atoms. The van der Waals surface area contributed by atoms with E-state index in [1.165, 1.54) is 0 Å². The van der Waals surface area contributed by atoms with E-state index in [1.807, 2.05) is 25.1 Å². The van der Waals surface area contributed by atoms with Gasteiger partial charge in [-0.2, -0.15) is 0 Å². The van der Waals surface area contributed by atoms with Crippen molar-refractivity contribution in [2.45, 2.75) is 33.2 Å². The van der Waals surface area contributed by atoms with Gasteiger partial charge in [0, 0.05) is 16.2 Å². The topological polar surface area (TPSA) is 24.1 Å². The zero-order valence-corrected chi connectivity index (χ0v) is 11.6. The SMILES string of the molecule is Cc1c(Cl)cccc1NC(=S)NC(C)(C)C. The van der Waals surface area contributed by atoms with Crippen LogP contribution in [0.25, 0.3) is 0 Å². The minimum Gasteiger partial charge on any atom is -0.358 e. The number of anilines is 1. The Morgan fingerprint density at radius 2 is 1.94 bits per heavy atom. The normalized spacial score (nSPS) is 11.1.